The van der Waals surface area contributed by atoms with Crippen LogP contribution in [-0.2, 0) is 4.74 Å². The summed E-state index contributed by atoms with van der Waals surface area (Å²) in [6, 6.07) is 0. The largest absolute Gasteiger partial charge is 0.381 e. The SMILES string of the molecule is C1CC2(CCO1)CNC2.CN. The first-order valence-corrected chi connectivity index (χ1v) is 4.28. The normalized spacial score (nSPS) is 26.7. The van der Waals surface area contributed by atoms with E-state index in [0.29, 0.717) is 5.41 Å². The number of ether oxygens (including phenoxy) is 1. The van der Waals surface area contributed by atoms with Gasteiger partial charge in [-0.15, -0.1) is 0 Å². The Hall–Kier alpha value is -0.120. The summed E-state index contributed by atoms with van der Waals surface area (Å²) in [5.41, 5.74) is 5.16. The van der Waals surface area contributed by atoms with Crippen LogP contribution in [0.5, 0.6) is 0 Å². The van der Waals surface area contributed by atoms with Crippen molar-refractivity contribution in [1.29, 1.82) is 0 Å². The molecule has 2 aliphatic heterocycles. The molecule has 0 aromatic rings. The average molecular weight is 158 g/mol. The maximum absolute atomic E-state index is 5.27. The molecule has 0 atom stereocenters. The van der Waals surface area contributed by atoms with Gasteiger partial charge in [-0.25, -0.2) is 0 Å². The lowest BCUT2D eigenvalue weighted by Crippen LogP contribution is -2.55. The fourth-order valence-electron chi connectivity index (χ4n) is 1.64. The molecule has 2 fully saturated rings. The number of hydrogen-bond acceptors (Lipinski definition) is 3. The van der Waals surface area contributed by atoms with Gasteiger partial charge in [0.05, 0.1) is 0 Å². The minimum Gasteiger partial charge on any atom is -0.381 e. The molecule has 3 heteroatoms. The van der Waals surface area contributed by atoms with Crippen LogP contribution in [0.4, 0.5) is 0 Å². The van der Waals surface area contributed by atoms with Crippen LogP contribution in [0.2, 0.25) is 0 Å². The predicted octanol–water partition coefficient (Wildman–Crippen LogP) is -0.0387. The van der Waals surface area contributed by atoms with Crippen molar-refractivity contribution in [2.24, 2.45) is 11.1 Å². The average Bonchev–Trinajstić information content (AvgIpc) is 2.07. The van der Waals surface area contributed by atoms with Crippen LogP contribution in [0.3, 0.4) is 0 Å². The predicted molar refractivity (Wildman–Crippen MR) is 45.5 cm³/mol. The molecule has 66 valence electrons. The van der Waals surface area contributed by atoms with Gasteiger partial charge in [-0.2, -0.15) is 0 Å². The van der Waals surface area contributed by atoms with E-state index in [9.17, 15) is 0 Å². The zero-order valence-electron chi connectivity index (χ0n) is 7.23. The van der Waals surface area contributed by atoms with Gasteiger partial charge in [0.2, 0.25) is 0 Å². The Morgan fingerprint density at radius 3 is 2.00 bits per heavy atom. The molecule has 0 aromatic heterocycles. The second kappa shape index (κ2) is 4.04. The van der Waals surface area contributed by atoms with Crippen molar-refractivity contribution < 1.29 is 4.74 Å². The van der Waals surface area contributed by atoms with E-state index in [1.165, 1.54) is 33.0 Å². The van der Waals surface area contributed by atoms with Gasteiger partial charge in [0.1, 0.15) is 0 Å². The molecule has 0 radical (unpaired) electrons. The fourth-order valence-corrected chi connectivity index (χ4v) is 1.64. The van der Waals surface area contributed by atoms with E-state index in [4.69, 9.17) is 4.74 Å². The molecule has 0 bridgehead atoms. The highest BCUT2D eigenvalue weighted by molar-refractivity contribution is 4.93. The molecular weight excluding hydrogens is 140 g/mol. The fraction of sp³-hybridized carbons (Fsp3) is 1.00. The summed E-state index contributed by atoms with van der Waals surface area (Å²) < 4.78 is 5.27. The van der Waals surface area contributed by atoms with E-state index in [1.54, 1.807) is 0 Å². The van der Waals surface area contributed by atoms with Gasteiger partial charge in [0, 0.05) is 26.3 Å². The maximum Gasteiger partial charge on any atom is 0.0472 e. The summed E-state index contributed by atoms with van der Waals surface area (Å²) in [6.07, 6.45) is 2.56. The van der Waals surface area contributed by atoms with E-state index in [2.05, 4.69) is 11.1 Å². The standard InChI is InChI=1S/C7H13NO.CH5N/c1-3-9-4-2-7(1)5-8-6-7;1-2/h8H,1-6H2;2H2,1H3. The first-order valence-electron chi connectivity index (χ1n) is 4.28. The Morgan fingerprint density at radius 1 is 1.18 bits per heavy atom. The first kappa shape index (κ1) is 8.97. The molecule has 0 aliphatic carbocycles. The quantitative estimate of drug-likeness (QED) is 0.520. The van der Waals surface area contributed by atoms with E-state index >= 15 is 0 Å². The molecule has 0 aromatic carbocycles. The summed E-state index contributed by atoms with van der Waals surface area (Å²) in [7, 11) is 1.50. The molecule has 3 nitrogen and oxygen atoms in total. The van der Waals surface area contributed by atoms with Crippen molar-refractivity contribution in [3.63, 3.8) is 0 Å². The van der Waals surface area contributed by atoms with E-state index in [1.807, 2.05) is 0 Å². The van der Waals surface area contributed by atoms with Crippen LogP contribution in [0.15, 0.2) is 0 Å². The Morgan fingerprint density at radius 2 is 1.73 bits per heavy atom. The Bertz CT molecular complexity index is 105. The number of hydrogen-bond donors (Lipinski definition) is 2. The zero-order chi connectivity index (χ0) is 8.16. The highest BCUT2D eigenvalue weighted by atomic mass is 16.5. The minimum atomic E-state index is 0.665. The number of nitrogens with two attached hydrogens (primary N) is 1. The van der Waals surface area contributed by atoms with E-state index in [0.717, 1.165) is 13.2 Å². The molecule has 2 aliphatic rings. The summed E-state index contributed by atoms with van der Waals surface area (Å²) in [5.74, 6) is 0. The molecule has 0 unspecified atom stereocenters. The second-order valence-corrected chi connectivity index (χ2v) is 3.22. The highest BCUT2D eigenvalue weighted by Crippen LogP contribution is 2.33. The van der Waals surface area contributed by atoms with E-state index in [-0.39, 0.29) is 0 Å². The third-order valence-corrected chi connectivity index (χ3v) is 2.55. The zero-order valence-corrected chi connectivity index (χ0v) is 7.23. The van der Waals surface area contributed by atoms with Crippen molar-refractivity contribution in [3.8, 4) is 0 Å². The Kier molecular flexibility index (Phi) is 3.30. The van der Waals surface area contributed by atoms with Crippen LogP contribution in [0, 0.1) is 5.41 Å². The van der Waals surface area contributed by atoms with Crippen LogP contribution < -0.4 is 11.1 Å². The molecule has 11 heavy (non-hydrogen) atoms. The van der Waals surface area contributed by atoms with Crippen molar-refractivity contribution in [1.82, 2.24) is 5.32 Å². The highest BCUT2D eigenvalue weighted by Gasteiger charge is 2.37. The molecule has 2 heterocycles. The maximum atomic E-state index is 5.27. The molecule has 1 spiro atoms. The first-order chi connectivity index (χ1) is 5.41. The summed E-state index contributed by atoms with van der Waals surface area (Å²) in [5, 5.41) is 3.32. The van der Waals surface area contributed by atoms with Crippen LogP contribution >= 0.6 is 0 Å². The van der Waals surface area contributed by atoms with Crippen molar-refractivity contribution in [2.45, 2.75) is 12.8 Å². The Labute approximate surface area is 68.3 Å². The van der Waals surface area contributed by atoms with Crippen molar-refractivity contribution in [3.05, 3.63) is 0 Å². The van der Waals surface area contributed by atoms with Crippen molar-refractivity contribution in [2.75, 3.05) is 33.4 Å². The van der Waals surface area contributed by atoms with Crippen LogP contribution in [0.1, 0.15) is 12.8 Å². The molecular formula is C8H18N2O. The lowest BCUT2D eigenvalue weighted by molar-refractivity contribution is -0.0130. The van der Waals surface area contributed by atoms with E-state index < -0.39 is 0 Å². The summed E-state index contributed by atoms with van der Waals surface area (Å²) in [6.45, 7) is 4.44. The van der Waals surface area contributed by atoms with Crippen molar-refractivity contribution >= 4 is 0 Å². The lowest BCUT2D eigenvalue weighted by Gasteiger charge is -2.45. The lowest BCUT2D eigenvalue weighted by atomic mass is 9.75. The smallest absolute Gasteiger partial charge is 0.0472 e. The second-order valence-electron chi connectivity index (χ2n) is 3.22. The van der Waals surface area contributed by atoms with Crippen LogP contribution in [0.25, 0.3) is 0 Å². The van der Waals surface area contributed by atoms with Gasteiger partial charge >= 0.3 is 0 Å². The molecule has 2 rings (SSSR count). The van der Waals surface area contributed by atoms with Gasteiger partial charge < -0.3 is 15.8 Å². The molecule has 0 saturated carbocycles. The monoisotopic (exact) mass is 158 g/mol. The minimum absolute atomic E-state index is 0.665. The molecule has 3 N–H and O–H groups in total. The van der Waals surface area contributed by atoms with Gasteiger partial charge in [-0.1, -0.05) is 0 Å². The molecule has 2 saturated heterocycles. The third kappa shape index (κ3) is 1.92. The third-order valence-electron chi connectivity index (χ3n) is 2.55. The summed E-state index contributed by atoms with van der Waals surface area (Å²) >= 11 is 0. The molecule has 0 amide bonds. The van der Waals surface area contributed by atoms with Gasteiger partial charge in [-0.3, -0.25) is 0 Å². The Balaban J connectivity index is 0.000000281. The van der Waals surface area contributed by atoms with Gasteiger partial charge in [-0.05, 0) is 25.3 Å². The van der Waals surface area contributed by atoms with Crippen LogP contribution in [-0.4, -0.2) is 33.4 Å². The number of nitrogens with one attached hydrogen (secondary N) is 1. The number of rotatable bonds is 0. The summed E-state index contributed by atoms with van der Waals surface area (Å²) in [4.78, 5) is 0. The van der Waals surface area contributed by atoms with Gasteiger partial charge in [0.25, 0.3) is 0 Å². The topological polar surface area (TPSA) is 47.3 Å². The van der Waals surface area contributed by atoms with Gasteiger partial charge in [0.15, 0.2) is 0 Å².